The monoisotopic (exact) mass is 520 g/mol. The summed E-state index contributed by atoms with van der Waals surface area (Å²) in [6, 6.07) is 4.50. The quantitative estimate of drug-likeness (QED) is 0.536. The first kappa shape index (κ1) is 23.1. The van der Waals surface area contributed by atoms with Crippen LogP contribution in [0.2, 0.25) is 5.02 Å². The van der Waals surface area contributed by atoms with Gasteiger partial charge in [-0.3, -0.25) is 4.79 Å². The molecule has 1 saturated carbocycles. The number of hydrogen-bond acceptors (Lipinski definition) is 6. The van der Waals surface area contributed by atoms with Crippen LogP contribution in [0, 0.1) is 5.92 Å². The molecular formula is C27H29ClN6O3. The maximum Gasteiger partial charge on any atom is 0.320 e. The van der Waals surface area contributed by atoms with Gasteiger partial charge in [0.2, 0.25) is 0 Å². The van der Waals surface area contributed by atoms with E-state index in [0.29, 0.717) is 61.2 Å². The summed E-state index contributed by atoms with van der Waals surface area (Å²) in [4.78, 5) is 42.1. The zero-order valence-corrected chi connectivity index (χ0v) is 21.3. The molecule has 2 aromatic heterocycles. The molecule has 2 unspecified atom stereocenters. The van der Waals surface area contributed by atoms with Crippen LogP contribution in [0.3, 0.4) is 0 Å². The number of ether oxygens (including phenoxy) is 1. The number of morpholine rings is 1. The van der Waals surface area contributed by atoms with Gasteiger partial charge in [-0.05, 0) is 48.1 Å². The Hall–Kier alpha value is -3.01. The minimum atomic E-state index is 0.0136. The van der Waals surface area contributed by atoms with Crippen LogP contribution in [0.4, 0.5) is 4.79 Å². The van der Waals surface area contributed by atoms with Crippen molar-refractivity contribution >= 4 is 34.6 Å². The molecule has 6 heterocycles. The third kappa shape index (κ3) is 4.00. The molecule has 8 rings (SSSR count). The lowest BCUT2D eigenvalue weighted by Crippen LogP contribution is -2.58. The molecule has 4 aliphatic heterocycles. The summed E-state index contributed by atoms with van der Waals surface area (Å²) in [5.41, 5.74) is 6.61. The van der Waals surface area contributed by atoms with Crippen LogP contribution >= 0.6 is 11.6 Å². The number of benzene rings is 1. The van der Waals surface area contributed by atoms with E-state index >= 15 is 0 Å². The zero-order valence-electron chi connectivity index (χ0n) is 20.5. The van der Waals surface area contributed by atoms with Gasteiger partial charge in [-0.2, -0.15) is 0 Å². The van der Waals surface area contributed by atoms with Crippen molar-refractivity contribution in [2.75, 3.05) is 32.8 Å². The molecule has 2 N–H and O–H groups in total. The molecule has 192 valence electrons. The standard InChI is InChI=1S/C27H29ClN6O3/c28-21-10-30-26-25(21)32-22(11-31-26)17-7-15-3-5-33(13-20(15)19(8-17)23-14-37-6-4-29-23)27(36)34-12-16-1-2-18(34)9-24(16)35/h7-8,10-11,16,18,23,29H,1-6,9,12-14H2,(H,30,31)/t16?,18?,23-/m0/s1. The number of aromatic nitrogens is 3. The highest BCUT2D eigenvalue weighted by molar-refractivity contribution is 6.34. The van der Waals surface area contributed by atoms with Gasteiger partial charge >= 0.3 is 6.03 Å². The average Bonchev–Trinajstić information content (AvgIpc) is 3.32. The number of nitrogens with zero attached hydrogens (tertiary/aromatic N) is 4. The number of H-pyrrole nitrogens is 1. The number of fused-ring (bicyclic) bond motifs is 5. The second-order valence-electron chi connectivity index (χ2n) is 10.6. The summed E-state index contributed by atoms with van der Waals surface area (Å²) in [5.74, 6) is 0.337. The molecule has 3 saturated heterocycles. The van der Waals surface area contributed by atoms with E-state index in [1.165, 1.54) is 11.1 Å². The maximum absolute atomic E-state index is 13.6. The normalized spacial score (nSPS) is 25.5. The molecule has 0 radical (unpaired) electrons. The molecule has 3 aromatic rings. The third-order valence-corrected chi connectivity index (χ3v) is 8.71. The summed E-state index contributed by atoms with van der Waals surface area (Å²) < 4.78 is 5.82. The minimum Gasteiger partial charge on any atom is -0.378 e. The van der Waals surface area contributed by atoms with E-state index in [1.54, 1.807) is 12.4 Å². The average molecular weight is 521 g/mol. The molecule has 3 atom stereocenters. The van der Waals surface area contributed by atoms with Crippen LogP contribution in [0.1, 0.15) is 42.0 Å². The highest BCUT2D eigenvalue weighted by Gasteiger charge is 2.43. The van der Waals surface area contributed by atoms with Gasteiger partial charge < -0.3 is 24.8 Å². The number of Topliss-reactive ketones (excluding diaryl/α,β-unsaturated/α-hetero) is 1. The van der Waals surface area contributed by atoms with Gasteiger partial charge in [-0.15, -0.1) is 0 Å². The number of nitrogens with one attached hydrogen (secondary N) is 2. The van der Waals surface area contributed by atoms with Gasteiger partial charge in [-0.1, -0.05) is 11.6 Å². The second kappa shape index (κ2) is 9.08. The summed E-state index contributed by atoms with van der Waals surface area (Å²) in [6.07, 6.45) is 6.59. The Balaban J connectivity index is 1.23. The van der Waals surface area contributed by atoms with Crippen molar-refractivity contribution in [1.82, 2.24) is 30.1 Å². The van der Waals surface area contributed by atoms with Crippen LogP contribution in [-0.2, 0) is 22.5 Å². The number of ketones is 1. The minimum absolute atomic E-state index is 0.0136. The fourth-order valence-corrected chi connectivity index (χ4v) is 6.59. The number of urea groups is 1. The van der Waals surface area contributed by atoms with Crippen LogP contribution in [-0.4, -0.2) is 75.5 Å². The van der Waals surface area contributed by atoms with Crippen molar-refractivity contribution < 1.29 is 14.3 Å². The molecular weight excluding hydrogens is 492 g/mol. The van der Waals surface area contributed by atoms with Gasteiger partial charge in [0.25, 0.3) is 0 Å². The van der Waals surface area contributed by atoms with E-state index in [2.05, 4.69) is 27.4 Å². The highest BCUT2D eigenvalue weighted by atomic mass is 35.5. The smallest absolute Gasteiger partial charge is 0.320 e. The summed E-state index contributed by atoms with van der Waals surface area (Å²) in [5, 5.41) is 4.14. The van der Waals surface area contributed by atoms with Gasteiger partial charge in [0, 0.05) is 56.3 Å². The first-order valence-electron chi connectivity index (χ1n) is 13.1. The van der Waals surface area contributed by atoms with Crippen molar-refractivity contribution in [3.8, 4) is 11.3 Å². The molecule has 9 nitrogen and oxygen atoms in total. The molecule has 37 heavy (non-hydrogen) atoms. The molecule has 4 fully saturated rings. The second-order valence-corrected chi connectivity index (χ2v) is 11.0. The van der Waals surface area contributed by atoms with Gasteiger partial charge in [0.05, 0.1) is 36.2 Å². The van der Waals surface area contributed by atoms with Crippen LogP contribution < -0.4 is 5.32 Å². The van der Waals surface area contributed by atoms with E-state index in [1.807, 2.05) is 9.80 Å². The van der Waals surface area contributed by atoms with E-state index in [0.717, 1.165) is 42.6 Å². The molecule has 5 aliphatic rings. The Kier molecular flexibility index (Phi) is 5.67. The number of rotatable bonds is 2. The highest BCUT2D eigenvalue weighted by Crippen LogP contribution is 2.36. The number of amides is 2. The molecule has 1 aromatic carbocycles. The van der Waals surface area contributed by atoms with E-state index in [9.17, 15) is 9.59 Å². The first-order chi connectivity index (χ1) is 18.0. The third-order valence-electron chi connectivity index (χ3n) is 8.42. The number of hydrogen-bond donors (Lipinski definition) is 2. The molecule has 2 bridgehead atoms. The van der Waals surface area contributed by atoms with E-state index < -0.39 is 0 Å². The van der Waals surface area contributed by atoms with Crippen LogP contribution in [0.25, 0.3) is 22.4 Å². The van der Waals surface area contributed by atoms with Crippen molar-refractivity contribution in [3.05, 3.63) is 46.2 Å². The van der Waals surface area contributed by atoms with Gasteiger partial charge in [0.15, 0.2) is 5.65 Å². The first-order valence-corrected chi connectivity index (χ1v) is 13.5. The van der Waals surface area contributed by atoms with Gasteiger partial charge in [-0.25, -0.2) is 14.8 Å². The van der Waals surface area contributed by atoms with Crippen LogP contribution in [0.5, 0.6) is 0 Å². The van der Waals surface area contributed by atoms with Gasteiger partial charge in [0.1, 0.15) is 11.3 Å². The number of carbonyl (C=O) groups is 2. The van der Waals surface area contributed by atoms with E-state index in [4.69, 9.17) is 21.3 Å². The lowest BCUT2D eigenvalue weighted by molar-refractivity contribution is -0.131. The molecule has 2 amide bonds. The Bertz CT molecular complexity index is 1400. The zero-order chi connectivity index (χ0) is 25.1. The lowest BCUT2D eigenvalue weighted by atomic mass is 9.79. The largest absolute Gasteiger partial charge is 0.378 e. The number of halogens is 1. The predicted octanol–water partition coefficient (Wildman–Crippen LogP) is 3.47. The van der Waals surface area contributed by atoms with E-state index in [-0.39, 0.29) is 24.0 Å². The Labute approximate surface area is 219 Å². The molecule has 0 spiro atoms. The maximum atomic E-state index is 13.6. The number of aromatic amines is 1. The molecule has 1 aliphatic carbocycles. The Morgan fingerprint density at radius 1 is 1.24 bits per heavy atom. The van der Waals surface area contributed by atoms with Crippen molar-refractivity contribution in [3.63, 3.8) is 0 Å². The summed E-state index contributed by atoms with van der Waals surface area (Å²) in [6.45, 7) is 3.82. The lowest BCUT2D eigenvalue weighted by Gasteiger charge is -2.46. The summed E-state index contributed by atoms with van der Waals surface area (Å²) in [7, 11) is 0. The Morgan fingerprint density at radius 3 is 2.95 bits per heavy atom. The summed E-state index contributed by atoms with van der Waals surface area (Å²) >= 11 is 6.32. The van der Waals surface area contributed by atoms with Crippen LogP contribution in [0.15, 0.2) is 24.5 Å². The molecule has 10 heteroatoms. The fourth-order valence-electron chi connectivity index (χ4n) is 6.40. The van der Waals surface area contributed by atoms with Crippen molar-refractivity contribution in [2.24, 2.45) is 5.92 Å². The van der Waals surface area contributed by atoms with Crippen molar-refractivity contribution in [1.29, 1.82) is 0 Å². The van der Waals surface area contributed by atoms with Crippen molar-refractivity contribution in [2.45, 2.75) is 44.3 Å². The SMILES string of the molecule is O=C1CC2CCC1CN2C(=O)N1CCc2cc(-c3cnc4[nH]cc(Cl)c4n3)cc([C@@H]3COCCN3)c2C1. The number of piperidine rings is 2. The fraction of sp³-hybridized carbons (Fsp3) is 0.481. The Morgan fingerprint density at radius 2 is 2.16 bits per heavy atom. The predicted molar refractivity (Wildman–Crippen MR) is 138 cm³/mol. The number of carbonyl (C=O) groups excluding carboxylic acids is 2. The topological polar surface area (TPSA) is 103 Å².